The number of carbonyl (C=O) groups is 5. The maximum atomic E-state index is 13.5. The van der Waals surface area contributed by atoms with Crippen LogP contribution in [0.15, 0.2) is 24.3 Å². The summed E-state index contributed by atoms with van der Waals surface area (Å²) in [6.45, 7) is 20.8. The lowest BCUT2D eigenvalue weighted by atomic mass is 9.89. The fourth-order valence-electron chi connectivity index (χ4n) is 5.17. The molecular formula is C39H64N8O8. The Morgan fingerprint density at radius 1 is 0.836 bits per heavy atom. The lowest BCUT2D eigenvalue weighted by molar-refractivity contribution is -0.154. The molecule has 0 bridgehead atoms. The summed E-state index contributed by atoms with van der Waals surface area (Å²) in [5.41, 5.74) is 7.81. The van der Waals surface area contributed by atoms with Crippen LogP contribution in [-0.2, 0) is 54.6 Å². The topological polar surface area (TPSA) is 218 Å². The maximum Gasteiger partial charge on any atom is 0.407 e. The summed E-state index contributed by atoms with van der Waals surface area (Å²) in [5.74, 6) is -1.32. The minimum Gasteiger partial charge on any atom is -0.460 e. The zero-order valence-corrected chi connectivity index (χ0v) is 34.4. The number of aromatic nitrogens is 3. The zero-order chi connectivity index (χ0) is 41.3. The van der Waals surface area contributed by atoms with Crippen molar-refractivity contribution in [1.82, 2.24) is 30.9 Å². The van der Waals surface area contributed by atoms with Gasteiger partial charge >= 0.3 is 18.1 Å². The van der Waals surface area contributed by atoms with Crippen LogP contribution in [0.25, 0.3) is 0 Å². The molecule has 0 fully saturated rings. The quantitative estimate of drug-likeness (QED) is 0.0884. The van der Waals surface area contributed by atoms with Crippen molar-refractivity contribution < 1.29 is 38.2 Å². The van der Waals surface area contributed by atoms with E-state index < -0.39 is 41.4 Å². The van der Waals surface area contributed by atoms with E-state index in [1.807, 2.05) is 0 Å². The molecular weight excluding hydrogens is 708 g/mol. The van der Waals surface area contributed by atoms with E-state index in [1.165, 1.54) is 0 Å². The Labute approximate surface area is 325 Å². The Kier molecular flexibility index (Phi) is 18.6. The lowest BCUT2D eigenvalue weighted by Crippen LogP contribution is -2.54. The van der Waals surface area contributed by atoms with Crippen LogP contribution in [0.2, 0.25) is 0 Å². The number of alkyl carbamates (subject to hydrolysis) is 1. The number of amides is 5. The second-order valence-corrected chi connectivity index (χ2v) is 16.6. The van der Waals surface area contributed by atoms with E-state index in [0.717, 1.165) is 29.8 Å². The predicted octanol–water partition coefficient (Wildman–Crippen LogP) is 4.49. The van der Waals surface area contributed by atoms with Crippen LogP contribution in [0, 0.1) is 22.7 Å². The molecule has 16 nitrogen and oxygen atoms in total. The molecule has 16 heteroatoms. The standard InChI is InChI=1S/C39H64N8O8/c1-25(2)22-30-31(23-38(5,6)7)46-47(45-30)18-19-53-20-21-54-37(52)44-32(26(3)4)34(49)43-29(12-11-17-41-36(40)51)33(48)42-28-15-13-27(14-16-28)24-55-35(50)39(8,9)10/h13-16,25-26,29,32H,11-12,17-24H2,1-10H3,(H,42,48)(H,43,49)(H,44,52)(H3,40,41,51)/t29-,32-/m0/s1. The number of urea groups is 1. The highest BCUT2D eigenvalue weighted by molar-refractivity contribution is 5.98. The van der Waals surface area contributed by atoms with E-state index in [1.54, 1.807) is 63.7 Å². The Balaban J connectivity index is 1.93. The molecule has 0 saturated heterocycles. The third kappa shape index (κ3) is 18.4. The molecule has 0 saturated carbocycles. The molecule has 0 aliphatic rings. The van der Waals surface area contributed by atoms with E-state index in [4.69, 9.17) is 25.0 Å². The van der Waals surface area contributed by atoms with Gasteiger partial charge in [0.2, 0.25) is 11.8 Å². The van der Waals surface area contributed by atoms with Crippen molar-refractivity contribution in [3.8, 4) is 0 Å². The number of carbonyl (C=O) groups excluding carboxylic acids is 5. The minimum absolute atomic E-state index is 0.0472. The average Bonchev–Trinajstić information content (AvgIpc) is 3.43. The van der Waals surface area contributed by atoms with Crippen molar-refractivity contribution in [2.45, 2.75) is 120 Å². The molecule has 2 aromatic rings. The van der Waals surface area contributed by atoms with Crippen molar-refractivity contribution in [3.63, 3.8) is 0 Å². The van der Waals surface area contributed by atoms with Gasteiger partial charge in [0.15, 0.2) is 0 Å². The first kappa shape index (κ1) is 46.4. The van der Waals surface area contributed by atoms with Crippen LogP contribution < -0.4 is 27.0 Å². The number of nitrogens with two attached hydrogens (primary N) is 1. The average molecular weight is 773 g/mol. The maximum absolute atomic E-state index is 13.5. The second-order valence-electron chi connectivity index (χ2n) is 16.6. The molecule has 2 rings (SSSR count). The second kappa shape index (κ2) is 22.0. The summed E-state index contributed by atoms with van der Waals surface area (Å²) in [7, 11) is 0. The number of esters is 1. The Bertz CT molecular complexity index is 1540. The van der Waals surface area contributed by atoms with Gasteiger partial charge in [0.05, 0.1) is 36.6 Å². The molecule has 1 aromatic carbocycles. The molecule has 2 atom stereocenters. The van der Waals surface area contributed by atoms with Gasteiger partial charge in [-0.1, -0.05) is 60.6 Å². The van der Waals surface area contributed by atoms with Gasteiger partial charge in [0.1, 0.15) is 25.3 Å². The molecule has 0 aliphatic heterocycles. The number of anilines is 1. The van der Waals surface area contributed by atoms with E-state index in [2.05, 4.69) is 61.0 Å². The monoisotopic (exact) mass is 772 g/mol. The molecule has 55 heavy (non-hydrogen) atoms. The number of hydrogen-bond acceptors (Lipinski definition) is 10. The zero-order valence-electron chi connectivity index (χ0n) is 34.4. The molecule has 0 spiro atoms. The van der Waals surface area contributed by atoms with Gasteiger partial charge in [-0.15, -0.1) is 0 Å². The molecule has 1 aromatic heterocycles. The Morgan fingerprint density at radius 3 is 2.07 bits per heavy atom. The number of ether oxygens (including phenoxy) is 3. The van der Waals surface area contributed by atoms with Gasteiger partial charge in [-0.05, 0) is 81.4 Å². The summed E-state index contributed by atoms with van der Waals surface area (Å²) in [6.07, 6.45) is 1.36. The van der Waals surface area contributed by atoms with Crippen molar-refractivity contribution in [1.29, 1.82) is 0 Å². The van der Waals surface area contributed by atoms with Crippen LogP contribution >= 0.6 is 0 Å². The number of nitrogens with zero attached hydrogens (tertiary/aromatic N) is 3. The smallest absolute Gasteiger partial charge is 0.407 e. The Morgan fingerprint density at radius 2 is 1.49 bits per heavy atom. The lowest BCUT2D eigenvalue weighted by Gasteiger charge is -2.25. The van der Waals surface area contributed by atoms with Crippen molar-refractivity contribution in [2.24, 2.45) is 28.4 Å². The van der Waals surface area contributed by atoms with Crippen molar-refractivity contribution >= 4 is 35.6 Å². The fraction of sp³-hybridized carbons (Fsp3) is 0.667. The van der Waals surface area contributed by atoms with E-state index >= 15 is 0 Å². The Hall–Kier alpha value is -4.73. The highest BCUT2D eigenvalue weighted by Gasteiger charge is 2.29. The number of hydrogen-bond donors (Lipinski definition) is 5. The first-order chi connectivity index (χ1) is 25.6. The van der Waals surface area contributed by atoms with Gasteiger partial charge in [-0.25, -0.2) is 9.59 Å². The molecule has 308 valence electrons. The molecule has 5 amide bonds. The number of benzene rings is 1. The van der Waals surface area contributed by atoms with Crippen molar-refractivity contribution in [2.75, 3.05) is 31.7 Å². The van der Waals surface area contributed by atoms with Gasteiger partial charge in [-0.3, -0.25) is 14.4 Å². The van der Waals surface area contributed by atoms with Crippen LogP contribution in [0.1, 0.15) is 99.0 Å². The number of nitrogens with one attached hydrogen (secondary N) is 4. The van der Waals surface area contributed by atoms with Gasteiger partial charge in [-0.2, -0.15) is 15.0 Å². The fourth-order valence-corrected chi connectivity index (χ4v) is 5.17. The van der Waals surface area contributed by atoms with Gasteiger partial charge in [0.25, 0.3) is 0 Å². The van der Waals surface area contributed by atoms with Crippen LogP contribution in [0.4, 0.5) is 15.3 Å². The summed E-state index contributed by atoms with van der Waals surface area (Å²) in [5, 5.41) is 20.0. The SMILES string of the molecule is CC(C)Cc1nn(CCOCCOC(=O)N[C@H](C(=O)N[C@@H](CCCNC(N)=O)C(=O)Nc2ccc(COC(=O)C(C)(C)C)cc2)C(C)C)nc1CC(C)(C)C. The highest BCUT2D eigenvalue weighted by Crippen LogP contribution is 2.22. The van der Waals surface area contributed by atoms with Crippen LogP contribution in [-0.4, -0.2) is 83.4 Å². The largest absolute Gasteiger partial charge is 0.460 e. The molecule has 0 aliphatic carbocycles. The number of rotatable bonds is 21. The predicted molar refractivity (Wildman–Crippen MR) is 209 cm³/mol. The third-order valence-corrected chi connectivity index (χ3v) is 8.03. The molecule has 1 heterocycles. The summed E-state index contributed by atoms with van der Waals surface area (Å²) >= 11 is 0. The first-order valence-electron chi connectivity index (χ1n) is 19.0. The summed E-state index contributed by atoms with van der Waals surface area (Å²) in [6, 6.07) is 4.01. The molecule has 0 radical (unpaired) electrons. The molecule has 6 N–H and O–H groups in total. The normalized spacial score (nSPS) is 12.9. The van der Waals surface area contributed by atoms with E-state index in [-0.39, 0.29) is 50.1 Å². The summed E-state index contributed by atoms with van der Waals surface area (Å²) < 4.78 is 16.3. The van der Waals surface area contributed by atoms with Crippen molar-refractivity contribution in [3.05, 3.63) is 41.2 Å². The van der Waals surface area contributed by atoms with Crippen LogP contribution in [0.3, 0.4) is 0 Å². The van der Waals surface area contributed by atoms with E-state index in [9.17, 15) is 24.0 Å². The minimum atomic E-state index is -1.02. The molecule has 0 unspecified atom stereocenters. The number of primary amides is 1. The first-order valence-corrected chi connectivity index (χ1v) is 19.0. The third-order valence-electron chi connectivity index (χ3n) is 8.03. The van der Waals surface area contributed by atoms with Crippen LogP contribution in [0.5, 0.6) is 0 Å². The van der Waals surface area contributed by atoms with E-state index in [0.29, 0.717) is 31.2 Å². The van der Waals surface area contributed by atoms with Gasteiger partial charge < -0.3 is 41.2 Å². The van der Waals surface area contributed by atoms with Gasteiger partial charge in [0, 0.05) is 12.2 Å². The highest BCUT2D eigenvalue weighted by atomic mass is 16.6. The summed E-state index contributed by atoms with van der Waals surface area (Å²) in [4.78, 5) is 64.5.